The molecule has 0 radical (unpaired) electrons. The Morgan fingerprint density at radius 2 is 2.04 bits per heavy atom. The van der Waals surface area contributed by atoms with Gasteiger partial charge in [0.2, 0.25) is 0 Å². The lowest BCUT2D eigenvalue weighted by atomic mass is 9.45. The minimum Gasteiger partial charge on any atom is -0.348 e. The van der Waals surface area contributed by atoms with Crippen LogP contribution in [0.2, 0.25) is 0 Å². The Kier molecular flexibility index (Phi) is 4.04. The maximum atomic E-state index is 13.1. The van der Waals surface area contributed by atoms with Crippen LogP contribution in [0.5, 0.6) is 0 Å². The number of fused-ring (bicyclic) bond motifs is 2. The number of pyridine rings is 1. The van der Waals surface area contributed by atoms with Gasteiger partial charge in [0.1, 0.15) is 10.4 Å². The number of nitrogens with zero attached hydrogens (tertiary/aromatic N) is 1. The van der Waals surface area contributed by atoms with Gasteiger partial charge in [-0.15, -0.1) is 0 Å². The summed E-state index contributed by atoms with van der Waals surface area (Å²) in [4.78, 5) is 31.3. The number of aromatic nitrogens is 1. The monoisotopic (exact) mass is 389 g/mol. The van der Waals surface area contributed by atoms with E-state index in [1.807, 2.05) is 6.07 Å². The summed E-state index contributed by atoms with van der Waals surface area (Å²) in [7, 11) is 0. The Hall–Kier alpha value is -1.57. The van der Waals surface area contributed by atoms with E-state index in [1.54, 1.807) is 18.3 Å². The first-order valence-corrected chi connectivity index (χ1v) is 10.1. The molecule has 27 heavy (non-hydrogen) atoms. The summed E-state index contributed by atoms with van der Waals surface area (Å²) in [6.45, 7) is 1.25. The van der Waals surface area contributed by atoms with Gasteiger partial charge in [-0.3, -0.25) is 4.79 Å². The molecular weight excluding hydrogens is 366 g/mol. The van der Waals surface area contributed by atoms with Crippen molar-refractivity contribution in [2.45, 2.75) is 44.3 Å². The molecule has 4 unspecified atom stereocenters. The van der Waals surface area contributed by atoms with Crippen LogP contribution in [0, 0.1) is 27.8 Å². The highest BCUT2D eigenvalue weighted by atomic mass is 32.1. The molecule has 0 amide bonds. The molecule has 2 heterocycles. The number of rotatable bonds is 2. The second kappa shape index (κ2) is 6.22. The van der Waals surface area contributed by atoms with Gasteiger partial charge in [-0.2, -0.15) is 4.73 Å². The van der Waals surface area contributed by atoms with E-state index in [1.165, 1.54) is 4.73 Å². The quantitative estimate of drug-likeness (QED) is 0.725. The summed E-state index contributed by atoms with van der Waals surface area (Å²) in [6, 6.07) is 5.31. The number of carbonyl (C=O) groups excluding carboxylic acids is 2. The summed E-state index contributed by atoms with van der Waals surface area (Å²) >= 11 is 5.24. The van der Waals surface area contributed by atoms with Crippen molar-refractivity contribution in [3.8, 4) is 0 Å². The van der Waals surface area contributed by atoms with Gasteiger partial charge in [0, 0.05) is 31.4 Å². The highest BCUT2D eigenvalue weighted by Gasteiger charge is 2.64. The Balaban J connectivity index is 1.43. The van der Waals surface area contributed by atoms with Crippen molar-refractivity contribution in [1.82, 2.24) is 4.73 Å². The second-order valence-corrected chi connectivity index (χ2v) is 8.80. The number of ketones is 1. The molecular formula is C20H23NO5S. The first-order valence-electron chi connectivity index (χ1n) is 9.72. The zero-order valence-corrected chi connectivity index (χ0v) is 15.9. The third-order valence-electron chi connectivity index (χ3n) is 7.16. The summed E-state index contributed by atoms with van der Waals surface area (Å²) in [5.41, 5.74) is -0.333. The van der Waals surface area contributed by atoms with Crippen molar-refractivity contribution in [2.24, 2.45) is 23.2 Å². The zero-order chi connectivity index (χ0) is 18.6. The van der Waals surface area contributed by atoms with E-state index in [9.17, 15) is 9.59 Å². The molecule has 1 aromatic heterocycles. The van der Waals surface area contributed by atoms with Gasteiger partial charge in [0.15, 0.2) is 5.79 Å². The van der Waals surface area contributed by atoms with Gasteiger partial charge in [0.05, 0.1) is 19.1 Å². The van der Waals surface area contributed by atoms with E-state index < -0.39 is 5.79 Å². The van der Waals surface area contributed by atoms with Crippen LogP contribution in [-0.2, 0) is 19.1 Å². The highest BCUT2D eigenvalue weighted by Crippen LogP contribution is 2.63. The largest absolute Gasteiger partial charge is 0.348 e. The summed E-state index contributed by atoms with van der Waals surface area (Å²) in [5.74, 6) is -0.566. The number of carbonyl (C=O) groups is 2. The van der Waals surface area contributed by atoms with Crippen LogP contribution < -0.4 is 4.84 Å². The third kappa shape index (κ3) is 2.70. The van der Waals surface area contributed by atoms with E-state index in [4.69, 9.17) is 26.5 Å². The van der Waals surface area contributed by atoms with Crippen molar-refractivity contribution in [3.63, 3.8) is 0 Å². The number of hydrogen-bond donors (Lipinski definition) is 0. The van der Waals surface area contributed by atoms with E-state index in [0.717, 1.165) is 25.7 Å². The van der Waals surface area contributed by atoms with Gasteiger partial charge in [-0.05, 0) is 42.7 Å². The Labute approximate surface area is 162 Å². The maximum absolute atomic E-state index is 13.1. The van der Waals surface area contributed by atoms with Crippen molar-refractivity contribution < 1.29 is 23.9 Å². The van der Waals surface area contributed by atoms with Crippen molar-refractivity contribution >= 4 is 24.0 Å². The molecule has 5 fully saturated rings. The molecule has 7 heteroatoms. The number of Topliss-reactive ketones (excluding diaryl/α,β-unsaturated/α-hetero) is 1. The van der Waals surface area contributed by atoms with Crippen LogP contribution in [0.1, 0.15) is 38.5 Å². The van der Waals surface area contributed by atoms with Crippen LogP contribution in [0.3, 0.4) is 0 Å². The molecule has 0 N–H and O–H groups in total. The van der Waals surface area contributed by atoms with Crippen LogP contribution in [0.4, 0.5) is 0 Å². The molecule has 4 saturated carbocycles. The van der Waals surface area contributed by atoms with Crippen molar-refractivity contribution in [2.75, 3.05) is 13.2 Å². The molecule has 1 aliphatic heterocycles. The fourth-order valence-corrected chi connectivity index (χ4v) is 6.05. The van der Waals surface area contributed by atoms with E-state index in [2.05, 4.69) is 0 Å². The molecule has 4 atom stereocenters. The standard InChI is InChI=1S/C20H23NO5S/c22-16-12-19-4-5-20(24-7-8-25-20)11-14(19)9-13(16)10-15(19)18(23)26-21-6-2-1-3-17(21)27/h1-3,6,13-15H,4-5,7-12H2. The highest BCUT2D eigenvalue weighted by molar-refractivity contribution is 7.71. The summed E-state index contributed by atoms with van der Waals surface area (Å²) in [6.07, 6.45) is 5.80. The fraction of sp³-hybridized carbons (Fsp3) is 0.650. The van der Waals surface area contributed by atoms with Crippen molar-refractivity contribution in [3.05, 3.63) is 29.0 Å². The molecule has 144 valence electrons. The van der Waals surface area contributed by atoms with Gasteiger partial charge >= 0.3 is 5.97 Å². The summed E-state index contributed by atoms with van der Waals surface area (Å²) in [5, 5.41) is 0. The van der Waals surface area contributed by atoms with Crippen LogP contribution in [0.25, 0.3) is 0 Å². The zero-order valence-electron chi connectivity index (χ0n) is 15.1. The molecule has 6 nitrogen and oxygen atoms in total. The van der Waals surface area contributed by atoms with E-state index >= 15 is 0 Å². The lowest BCUT2D eigenvalue weighted by molar-refractivity contribution is -0.234. The van der Waals surface area contributed by atoms with Crippen LogP contribution >= 0.6 is 12.2 Å². The SMILES string of the molecule is O=C1CC23CCC4(CC2CC1CC3C(=O)On1ccccc1=S)OCCO4. The first-order chi connectivity index (χ1) is 13.0. The van der Waals surface area contributed by atoms with Crippen molar-refractivity contribution in [1.29, 1.82) is 0 Å². The Bertz CT molecular complexity index is 845. The Morgan fingerprint density at radius 3 is 2.81 bits per heavy atom. The molecule has 2 spiro atoms. The predicted molar refractivity (Wildman–Crippen MR) is 97.1 cm³/mol. The molecule has 6 rings (SSSR count). The molecule has 5 aliphatic rings. The van der Waals surface area contributed by atoms with Gasteiger partial charge in [-0.1, -0.05) is 18.3 Å². The fourth-order valence-electron chi connectivity index (χ4n) is 5.87. The lowest BCUT2D eigenvalue weighted by Crippen LogP contribution is -2.60. The molecule has 1 saturated heterocycles. The Morgan fingerprint density at radius 1 is 1.22 bits per heavy atom. The van der Waals surface area contributed by atoms with E-state index in [0.29, 0.717) is 36.5 Å². The topological polar surface area (TPSA) is 66.8 Å². The minimum absolute atomic E-state index is 0.0604. The normalized spacial score (nSPS) is 36.6. The third-order valence-corrected chi connectivity index (χ3v) is 7.47. The molecule has 0 aromatic carbocycles. The number of hydrogen-bond acceptors (Lipinski definition) is 6. The molecule has 1 aromatic rings. The molecule has 4 aliphatic carbocycles. The average Bonchev–Trinajstić information content (AvgIpc) is 3.11. The van der Waals surface area contributed by atoms with Gasteiger partial charge in [0.25, 0.3) is 0 Å². The lowest BCUT2D eigenvalue weighted by Gasteiger charge is -2.59. The van der Waals surface area contributed by atoms with Crippen LogP contribution in [-0.4, -0.2) is 35.5 Å². The van der Waals surface area contributed by atoms with Gasteiger partial charge < -0.3 is 14.3 Å². The minimum atomic E-state index is -0.507. The second-order valence-electron chi connectivity index (χ2n) is 8.38. The van der Waals surface area contributed by atoms with Crippen LogP contribution in [0.15, 0.2) is 24.4 Å². The maximum Gasteiger partial charge on any atom is 0.336 e. The smallest absolute Gasteiger partial charge is 0.336 e. The average molecular weight is 389 g/mol. The van der Waals surface area contributed by atoms with E-state index in [-0.39, 0.29) is 29.1 Å². The van der Waals surface area contributed by atoms with Gasteiger partial charge in [-0.25, -0.2) is 4.79 Å². The predicted octanol–water partition coefficient (Wildman–Crippen LogP) is 2.70. The first kappa shape index (κ1) is 17.5. The molecule has 2 bridgehead atoms. The summed E-state index contributed by atoms with van der Waals surface area (Å²) < 4.78 is 13.7. The number of ether oxygens (including phenoxy) is 2.